The molecule has 0 fully saturated rings. The molecule has 0 heterocycles. The van der Waals surface area contributed by atoms with E-state index in [1.807, 2.05) is 0 Å². The van der Waals surface area contributed by atoms with Crippen LogP contribution in [0.2, 0.25) is 0 Å². The molecule has 0 radical (unpaired) electrons. The molecule has 0 aliphatic rings. The summed E-state index contributed by atoms with van der Waals surface area (Å²) in [6.45, 7) is 10.2. The van der Waals surface area contributed by atoms with Gasteiger partial charge in [-0.3, -0.25) is 4.79 Å². The Morgan fingerprint density at radius 1 is 1.04 bits per heavy atom. The van der Waals surface area contributed by atoms with Crippen molar-refractivity contribution in [1.82, 2.24) is 5.32 Å². The summed E-state index contributed by atoms with van der Waals surface area (Å²) in [5.74, 6) is -1.75. The number of carbonyl (C=O) groups excluding carboxylic acids is 2. The molecule has 0 saturated carbocycles. The van der Waals surface area contributed by atoms with Gasteiger partial charge in [-0.05, 0) is 47.8 Å². The van der Waals surface area contributed by atoms with E-state index in [1.165, 1.54) is 21.6 Å². The third kappa shape index (κ3) is 10.6. The summed E-state index contributed by atoms with van der Waals surface area (Å²) in [6.07, 6.45) is 0.834. The van der Waals surface area contributed by atoms with Crippen LogP contribution >= 0.6 is 21.6 Å². The molecule has 0 saturated heterocycles. The second kappa shape index (κ2) is 9.41. The van der Waals surface area contributed by atoms with Crippen LogP contribution < -0.4 is 5.32 Å². The number of hydrogen-bond acceptors (Lipinski definition) is 7. The van der Waals surface area contributed by atoms with Crippen molar-refractivity contribution < 1.29 is 29.0 Å². The Labute approximate surface area is 151 Å². The van der Waals surface area contributed by atoms with Crippen molar-refractivity contribution >= 4 is 39.6 Å². The van der Waals surface area contributed by atoms with Gasteiger partial charge in [0.2, 0.25) is 0 Å². The number of esters is 1. The predicted molar refractivity (Wildman–Crippen MR) is 96.1 cm³/mol. The summed E-state index contributed by atoms with van der Waals surface area (Å²) in [5.41, 5.74) is -1.42. The van der Waals surface area contributed by atoms with E-state index >= 15 is 0 Å². The number of rotatable bonds is 7. The molecule has 0 unspecified atom stereocenters. The van der Waals surface area contributed by atoms with Gasteiger partial charge in [0.25, 0.3) is 0 Å². The van der Waals surface area contributed by atoms with E-state index in [9.17, 15) is 19.5 Å². The van der Waals surface area contributed by atoms with Gasteiger partial charge in [0.1, 0.15) is 22.5 Å². The number of alkyl carbamates (subject to hydrolysis) is 1. The number of nitrogens with one attached hydrogen (secondary N) is 1. The smallest absolute Gasteiger partial charge is 0.408 e. The second-order valence-corrected chi connectivity index (χ2v) is 9.73. The van der Waals surface area contributed by atoms with Crippen LogP contribution in [0.15, 0.2) is 0 Å². The number of aliphatic carboxylic acids is 1. The Morgan fingerprint density at radius 3 is 1.92 bits per heavy atom. The summed E-state index contributed by atoms with van der Waals surface area (Å²) in [6, 6.07) is -1.25. The molecular weight excluding hydrogens is 354 g/mol. The minimum absolute atomic E-state index is 0.102. The zero-order valence-corrected chi connectivity index (χ0v) is 16.8. The summed E-state index contributed by atoms with van der Waals surface area (Å²) in [5, 5.41) is 10.9. The van der Waals surface area contributed by atoms with Gasteiger partial charge in [0, 0.05) is 6.42 Å². The van der Waals surface area contributed by atoms with Crippen LogP contribution in [-0.4, -0.2) is 51.9 Å². The van der Waals surface area contributed by atoms with Crippen molar-refractivity contribution in [1.29, 1.82) is 0 Å². The first-order valence-electron chi connectivity index (χ1n) is 7.40. The van der Waals surface area contributed by atoms with E-state index in [0.29, 0.717) is 0 Å². The third-order valence-electron chi connectivity index (χ3n) is 2.32. The fourth-order valence-electron chi connectivity index (χ4n) is 1.54. The Hall–Kier alpha value is -1.09. The molecular formula is C15H27NO6S2. The van der Waals surface area contributed by atoms with E-state index in [-0.39, 0.29) is 6.42 Å². The van der Waals surface area contributed by atoms with E-state index < -0.39 is 40.5 Å². The first-order valence-corrected chi connectivity index (χ1v) is 10.0. The fourth-order valence-corrected chi connectivity index (χ4v) is 3.34. The summed E-state index contributed by atoms with van der Waals surface area (Å²) in [4.78, 5) is 35.4. The normalized spacial score (nSPS) is 14.5. The van der Waals surface area contributed by atoms with Crippen molar-refractivity contribution in [3.05, 3.63) is 0 Å². The largest absolute Gasteiger partial charge is 0.480 e. The van der Waals surface area contributed by atoms with Crippen molar-refractivity contribution in [3.63, 3.8) is 0 Å². The number of carboxylic acid groups (broad SMARTS) is 1. The molecule has 7 nitrogen and oxygen atoms in total. The predicted octanol–water partition coefficient (Wildman–Crippen LogP) is 3.08. The number of hydrogen-bond donors (Lipinski definition) is 2. The van der Waals surface area contributed by atoms with Crippen molar-refractivity contribution in [3.8, 4) is 0 Å². The molecule has 0 rings (SSSR count). The first kappa shape index (κ1) is 22.9. The monoisotopic (exact) mass is 381 g/mol. The quantitative estimate of drug-likeness (QED) is 0.512. The molecule has 9 heteroatoms. The van der Waals surface area contributed by atoms with Gasteiger partial charge in [-0.25, -0.2) is 9.59 Å². The highest BCUT2D eigenvalue weighted by molar-refractivity contribution is 8.76. The van der Waals surface area contributed by atoms with Crippen LogP contribution in [0.5, 0.6) is 0 Å². The van der Waals surface area contributed by atoms with E-state index in [1.54, 1.807) is 47.8 Å². The molecule has 0 aromatic heterocycles. The second-order valence-electron chi connectivity index (χ2n) is 7.06. The summed E-state index contributed by atoms with van der Waals surface area (Å²) >= 11 is 0. The lowest BCUT2D eigenvalue weighted by Crippen LogP contribution is -2.46. The lowest BCUT2D eigenvalue weighted by Gasteiger charge is -2.26. The zero-order chi connectivity index (χ0) is 19.1. The highest BCUT2D eigenvalue weighted by Crippen LogP contribution is 2.29. The summed E-state index contributed by atoms with van der Waals surface area (Å²) in [7, 11) is 2.52. The molecule has 2 N–H and O–H groups in total. The summed E-state index contributed by atoms with van der Waals surface area (Å²) < 4.78 is 10.4. The maximum absolute atomic E-state index is 12.2. The van der Waals surface area contributed by atoms with Crippen LogP contribution in [-0.2, 0) is 19.1 Å². The molecule has 0 spiro atoms. The van der Waals surface area contributed by atoms with Crippen LogP contribution in [0.3, 0.4) is 0 Å². The number of ether oxygens (including phenoxy) is 2. The number of carbonyl (C=O) groups is 3. The van der Waals surface area contributed by atoms with Crippen molar-refractivity contribution in [2.75, 3.05) is 6.26 Å². The zero-order valence-electron chi connectivity index (χ0n) is 15.2. The van der Waals surface area contributed by atoms with E-state index in [2.05, 4.69) is 5.32 Å². The first-order chi connectivity index (χ1) is 10.7. The lowest BCUT2D eigenvalue weighted by atomic mass is 10.1. The Balaban J connectivity index is 4.99. The van der Waals surface area contributed by atoms with E-state index in [0.717, 1.165) is 0 Å². The SMILES string of the molecule is CSS[C@@H](C[C@H](NC(=O)OC(C)(C)C)C(=O)O)C(=O)OC(C)(C)C. The molecule has 0 aromatic carbocycles. The molecule has 140 valence electrons. The molecule has 0 bridgehead atoms. The molecule has 24 heavy (non-hydrogen) atoms. The molecule has 0 aromatic rings. The maximum Gasteiger partial charge on any atom is 0.408 e. The van der Waals surface area contributed by atoms with Gasteiger partial charge in [0.15, 0.2) is 0 Å². The highest BCUT2D eigenvalue weighted by Gasteiger charge is 2.32. The average Bonchev–Trinajstić information content (AvgIpc) is 2.32. The van der Waals surface area contributed by atoms with Crippen molar-refractivity contribution in [2.24, 2.45) is 0 Å². The maximum atomic E-state index is 12.2. The van der Waals surface area contributed by atoms with Gasteiger partial charge in [-0.1, -0.05) is 21.6 Å². The molecule has 0 aliphatic heterocycles. The lowest BCUT2D eigenvalue weighted by molar-refractivity contribution is -0.154. The molecule has 2 atom stereocenters. The van der Waals surface area contributed by atoms with Gasteiger partial charge >= 0.3 is 18.0 Å². The van der Waals surface area contributed by atoms with Crippen LogP contribution in [0.25, 0.3) is 0 Å². The topological polar surface area (TPSA) is 102 Å². The molecule has 1 amide bonds. The average molecular weight is 382 g/mol. The third-order valence-corrected chi connectivity index (χ3v) is 4.40. The van der Waals surface area contributed by atoms with Gasteiger partial charge < -0.3 is 19.9 Å². The molecule has 0 aliphatic carbocycles. The number of carboxylic acids is 1. The Morgan fingerprint density at radius 2 is 1.54 bits per heavy atom. The number of amides is 1. The van der Waals surface area contributed by atoms with Crippen LogP contribution in [0, 0.1) is 0 Å². The Kier molecular flexibility index (Phi) is 8.98. The highest BCUT2D eigenvalue weighted by atomic mass is 33.1. The van der Waals surface area contributed by atoms with Gasteiger partial charge in [-0.15, -0.1) is 0 Å². The van der Waals surface area contributed by atoms with Crippen LogP contribution in [0.1, 0.15) is 48.0 Å². The standard InChI is InChI=1S/C15H27NO6S2/c1-14(2,3)21-12(19)10(24-23-7)8-9(11(17)18)16-13(20)22-15(4,5)6/h9-10H,8H2,1-7H3,(H,16,20)(H,17,18)/t9-,10-/m0/s1. The van der Waals surface area contributed by atoms with Crippen molar-refractivity contribution in [2.45, 2.75) is 70.5 Å². The fraction of sp³-hybridized carbons (Fsp3) is 0.800. The van der Waals surface area contributed by atoms with Crippen LogP contribution in [0.4, 0.5) is 4.79 Å². The van der Waals surface area contributed by atoms with Gasteiger partial charge in [-0.2, -0.15) is 0 Å². The Bertz CT molecular complexity index is 456. The van der Waals surface area contributed by atoms with Gasteiger partial charge in [0.05, 0.1) is 0 Å². The van der Waals surface area contributed by atoms with E-state index in [4.69, 9.17) is 9.47 Å². The minimum atomic E-state index is -1.25. The minimum Gasteiger partial charge on any atom is -0.480 e.